The van der Waals surface area contributed by atoms with E-state index in [1.165, 1.54) is 16.8 Å². The summed E-state index contributed by atoms with van der Waals surface area (Å²) >= 11 is 3.22. The van der Waals surface area contributed by atoms with E-state index in [0.29, 0.717) is 15.9 Å². The van der Waals surface area contributed by atoms with Gasteiger partial charge >= 0.3 is 0 Å². The summed E-state index contributed by atoms with van der Waals surface area (Å²) in [7, 11) is 1.73. The van der Waals surface area contributed by atoms with E-state index in [1.54, 1.807) is 30.8 Å². The third kappa shape index (κ3) is 3.15. The monoisotopic (exact) mass is 403 g/mol. The van der Waals surface area contributed by atoms with Crippen LogP contribution in [0.4, 0.5) is 10.1 Å². The fourth-order valence-corrected chi connectivity index (χ4v) is 2.99. The first-order valence-corrected chi connectivity index (χ1v) is 8.30. The fraction of sp³-hybridized carbons (Fsp3) is 0.111. The third-order valence-electron chi connectivity index (χ3n) is 3.97. The number of carbonyl (C=O) groups excluding carboxylic acids is 1. The molecule has 0 aliphatic carbocycles. The Bertz CT molecular complexity index is 1010. The molecule has 5 nitrogen and oxygen atoms in total. The van der Waals surface area contributed by atoms with Crippen molar-refractivity contribution in [3.05, 3.63) is 80.4 Å². The summed E-state index contributed by atoms with van der Waals surface area (Å²) in [6, 6.07) is 12.9. The molecule has 2 aromatic carbocycles. The molecular formula is C18H15BrFN3O2. The molecule has 1 heterocycles. The van der Waals surface area contributed by atoms with Crippen LogP contribution in [0, 0.1) is 12.7 Å². The topological polar surface area (TPSA) is 56.0 Å². The van der Waals surface area contributed by atoms with Crippen molar-refractivity contribution in [2.24, 2.45) is 7.05 Å². The maximum atomic E-state index is 13.4. The summed E-state index contributed by atoms with van der Waals surface area (Å²) in [5.41, 5.74) is 1.20. The minimum atomic E-state index is -0.558. The first kappa shape index (κ1) is 17.2. The van der Waals surface area contributed by atoms with E-state index in [1.807, 2.05) is 18.2 Å². The molecule has 3 aromatic rings. The van der Waals surface area contributed by atoms with Gasteiger partial charge in [-0.25, -0.2) is 9.07 Å². The number of nitrogens with one attached hydrogen (secondary N) is 1. The minimum absolute atomic E-state index is 0.119. The van der Waals surface area contributed by atoms with Crippen LogP contribution in [0.15, 0.2) is 57.8 Å². The normalized spacial score (nSPS) is 10.7. The molecule has 0 fully saturated rings. The molecule has 3 rings (SSSR count). The van der Waals surface area contributed by atoms with Crippen molar-refractivity contribution in [3.8, 4) is 5.69 Å². The number of nitrogens with zero attached hydrogens (tertiary/aromatic N) is 2. The second-order valence-electron chi connectivity index (χ2n) is 5.51. The summed E-state index contributed by atoms with van der Waals surface area (Å²) in [6.45, 7) is 1.73. The molecule has 25 heavy (non-hydrogen) atoms. The number of aromatic nitrogens is 2. The number of halogens is 2. The van der Waals surface area contributed by atoms with Crippen LogP contribution in [0.3, 0.4) is 0 Å². The lowest BCUT2D eigenvalue weighted by Crippen LogP contribution is -2.23. The molecule has 0 saturated carbocycles. The lowest BCUT2D eigenvalue weighted by Gasteiger charge is -2.07. The first-order chi connectivity index (χ1) is 11.9. The maximum absolute atomic E-state index is 13.4. The number of carbonyl (C=O) groups is 1. The van der Waals surface area contributed by atoms with Gasteiger partial charge in [-0.15, -0.1) is 0 Å². The van der Waals surface area contributed by atoms with Gasteiger partial charge in [-0.2, -0.15) is 0 Å². The molecule has 7 heteroatoms. The highest BCUT2D eigenvalue weighted by Crippen LogP contribution is 2.20. The van der Waals surface area contributed by atoms with E-state index < -0.39 is 11.7 Å². The van der Waals surface area contributed by atoms with E-state index >= 15 is 0 Å². The number of amides is 1. The van der Waals surface area contributed by atoms with Crippen LogP contribution in [-0.4, -0.2) is 15.3 Å². The molecule has 0 atom stereocenters. The quantitative estimate of drug-likeness (QED) is 0.725. The van der Waals surface area contributed by atoms with Crippen molar-refractivity contribution >= 4 is 27.5 Å². The zero-order valence-corrected chi connectivity index (χ0v) is 15.2. The second-order valence-corrected chi connectivity index (χ2v) is 6.37. The Balaban J connectivity index is 2.03. The molecular weight excluding hydrogens is 389 g/mol. The Morgan fingerprint density at radius 3 is 2.52 bits per heavy atom. The van der Waals surface area contributed by atoms with Crippen LogP contribution in [0.5, 0.6) is 0 Å². The Morgan fingerprint density at radius 2 is 1.84 bits per heavy atom. The zero-order valence-electron chi connectivity index (χ0n) is 13.6. The third-order valence-corrected chi connectivity index (χ3v) is 4.66. The Hall–Kier alpha value is -2.67. The molecule has 0 aliphatic heterocycles. The van der Waals surface area contributed by atoms with E-state index in [2.05, 4.69) is 21.2 Å². The van der Waals surface area contributed by atoms with Gasteiger partial charge in [-0.3, -0.25) is 14.3 Å². The van der Waals surface area contributed by atoms with Gasteiger partial charge in [0.1, 0.15) is 11.5 Å². The van der Waals surface area contributed by atoms with Crippen LogP contribution in [0.2, 0.25) is 0 Å². The van der Waals surface area contributed by atoms with Gasteiger partial charge in [-0.1, -0.05) is 18.2 Å². The number of benzene rings is 2. The SMILES string of the molecule is Cc1c(NC(=O)c2cc(F)ccc2Br)c(=O)n(-c2ccccc2)n1C. The molecule has 1 N–H and O–H groups in total. The highest BCUT2D eigenvalue weighted by molar-refractivity contribution is 9.10. The summed E-state index contributed by atoms with van der Waals surface area (Å²) in [5.74, 6) is -1.09. The predicted molar refractivity (Wildman–Crippen MR) is 97.8 cm³/mol. The number of hydrogen-bond donors (Lipinski definition) is 1. The van der Waals surface area contributed by atoms with Gasteiger partial charge in [0.15, 0.2) is 0 Å². The van der Waals surface area contributed by atoms with Gasteiger partial charge in [0.25, 0.3) is 11.5 Å². The fourth-order valence-electron chi connectivity index (χ4n) is 2.56. The average molecular weight is 404 g/mol. The van der Waals surface area contributed by atoms with Crippen molar-refractivity contribution in [2.75, 3.05) is 5.32 Å². The highest BCUT2D eigenvalue weighted by atomic mass is 79.9. The molecule has 0 radical (unpaired) electrons. The van der Waals surface area contributed by atoms with E-state index in [0.717, 1.165) is 6.07 Å². The van der Waals surface area contributed by atoms with Crippen molar-refractivity contribution in [3.63, 3.8) is 0 Å². The summed E-state index contributed by atoms with van der Waals surface area (Å²) < 4.78 is 17.0. The highest BCUT2D eigenvalue weighted by Gasteiger charge is 2.20. The molecule has 128 valence electrons. The van der Waals surface area contributed by atoms with Gasteiger partial charge in [0, 0.05) is 11.5 Å². The standard InChI is InChI=1S/C18H15BrFN3O2/c1-11-16(21-17(24)14-10-12(20)8-9-15(14)19)18(25)23(22(11)2)13-6-4-3-5-7-13/h3-10H,1-2H3,(H,21,24). The molecule has 0 unspecified atom stereocenters. The number of para-hydroxylation sites is 1. The summed E-state index contributed by atoms with van der Waals surface area (Å²) in [5, 5.41) is 2.60. The second kappa shape index (κ2) is 6.68. The van der Waals surface area contributed by atoms with Crippen LogP contribution < -0.4 is 10.9 Å². The molecule has 1 amide bonds. The van der Waals surface area contributed by atoms with E-state index in [4.69, 9.17) is 0 Å². The van der Waals surface area contributed by atoms with Crippen LogP contribution in [0.25, 0.3) is 5.69 Å². The van der Waals surface area contributed by atoms with Crippen molar-refractivity contribution < 1.29 is 9.18 Å². The Morgan fingerprint density at radius 1 is 1.16 bits per heavy atom. The maximum Gasteiger partial charge on any atom is 0.295 e. The molecule has 1 aromatic heterocycles. The minimum Gasteiger partial charge on any atom is -0.316 e. The average Bonchev–Trinajstić information content (AvgIpc) is 2.81. The Labute approximate surface area is 151 Å². The van der Waals surface area contributed by atoms with E-state index in [9.17, 15) is 14.0 Å². The Kier molecular flexibility index (Phi) is 4.59. The van der Waals surface area contributed by atoms with Crippen LogP contribution in [-0.2, 0) is 7.05 Å². The van der Waals surface area contributed by atoms with Crippen molar-refractivity contribution in [1.29, 1.82) is 0 Å². The molecule has 0 saturated heterocycles. The van der Waals surface area contributed by atoms with Crippen LogP contribution in [0.1, 0.15) is 16.1 Å². The summed E-state index contributed by atoms with van der Waals surface area (Å²) in [6.07, 6.45) is 0. The van der Waals surface area contributed by atoms with Crippen LogP contribution >= 0.6 is 15.9 Å². The lowest BCUT2D eigenvalue weighted by molar-refractivity contribution is 0.102. The largest absolute Gasteiger partial charge is 0.316 e. The van der Waals surface area contributed by atoms with E-state index in [-0.39, 0.29) is 16.8 Å². The molecule has 0 aliphatic rings. The first-order valence-electron chi connectivity index (χ1n) is 7.50. The zero-order chi connectivity index (χ0) is 18.1. The van der Waals surface area contributed by atoms with Crippen molar-refractivity contribution in [1.82, 2.24) is 9.36 Å². The van der Waals surface area contributed by atoms with Gasteiger partial charge < -0.3 is 5.32 Å². The molecule has 0 bridgehead atoms. The lowest BCUT2D eigenvalue weighted by atomic mass is 10.2. The predicted octanol–water partition coefficient (Wildman–Crippen LogP) is 3.64. The van der Waals surface area contributed by atoms with Gasteiger partial charge in [-0.05, 0) is 53.2 Å². The summed E-state index contributed by atoms with van der Waals surface area (Å²) in [4.78, 5) is 25.3. The molecule has 0 spiro atoms. The number of hydrogen-bond acceptors (Lipinski definition) is 2. The van der Waals surface area contributed by atoms with Gasteiger partial charge in [0.05, 0.1) is 16.9 Å². The van der Waals surface area contributed by atoms with Crippen molar-refractivity contribution in [2.45, 2.75) is 6.92 Å². The number of anilines is 1. The van der Waals surface area contributed by atoms with Gasteiger partial charge in [0.2, 0.25) is 0 Å². The number of rotatable bonds is 3. The smallest absolute Gasteiger partial charge is 0.295 e.